The first-order valence-corrected chi connectivity index (χ1v) is 5.87. The summed E-state index contributed by atoms with van der Waals surface area (Å²) in [5, 5.41) is 0. The SMILES string of the molecule is CCc1cnccc1C(=O)c1ccc(F)c(C)c1. The lowest BCUT2D eigenvalue weighted by atomic mass is 9.98. The number of pyridine rings is 1. The zero-order valence-electron chi connectivity index (χ0n) is 10.4. The van der Waals surface area contributed by atoms with E-state index in [1.165, 1.54) is 12.1 Å². The molecule has 1 heterocycles. The molecule has 0 fully saturated rings. The highest BCUT2D eigenvalue weighted by molar-refractivity contribution is 6.09. The summed E-state index contributed by atoms with van der Waals surface area (Å²) in [6, 6.07) is 6.14. The van der Waals surface area contributed by atoms with Crippen molar-refractivity contribution in [1.82, 2.24) is 4.98 Å². The Bertz CT molecular complexity index is 593. The van der Waals surface area contributed by atoms with Crippen molar-refractivity contribution in [2.45, 2.75) is 20.3 Å². The van der Waals surface area contributed by atoms with E-state index in [2.05, 4.69) is 4.98 Å². The summed E-state index contributed by atoms with van der Waals surface area (Å²) in [5.74, 6) is -0.380. The van der Waals surface area contributed by atoms with Gasteiger partial charge in [0.1, 0.15) is 5.82 Å². The van der Waals surface area contributed by atoms with Gasteiger partial charge in [-0.05, 0) is 48.7 Å². The first kappa shape index (κ1) is 12.4. The van der Waals surface area contributed by atoms with E-state index < -0.39 is 0 Å². The molecule has 0 N–H and O–H groups in total. The second-order valence-corrected chi connectivity index (χ2v) is 4.18. The topological polar surface area (TPSA) is 30.0 Å². The van der Waals surface area contributed by atoms with Gasteiger partial charge in [-0.1, -0.05) is 6.92 Å². The van der Waals surface area contributed by atoms with E-state index >= 15 is 0 Å². The Morgan fingerprint density at radius 1 is 1.33 bits per heavy atom. The number of aromatic nitrogens is 1. The maximum Gasteiger partial charge on any atom is 0.193 e. The third kappa shape index (κ3) is 2.30. The average Bonchev–Trinajstić information content (AvgIpc) is 2.41. The standard InChI is InChI=1S/C15H14FNO/c1-3-11-9-17-7-6-13(11)15(18)12-4-5-14(16)10(2)8-12/h4-9H,3H2,1-2H3. The van der Waals surface area contributed by atoms with Gasteiger partial charge < -0.3 is 0 Å². The molecule has 0 saturated heterocycles. The van der Waals surface area contributed by atoms with E-state index in [4.69, 9.17) is 0 Å². The Morgan fingerprint density at radius 3 is 2.78 bits per heavy atom. The van der Waals surface area contributed by atoms with Crippen molar-refractivity contribution in [2.75, 3.05) is 0 Å². The highest BCUT2D eigenvalue weighted by atomic mass is 19.1. The van der Waals surface area contributed by atoms with Gasteiger partial charge in [0, 0.05) is 23.5 Å². The summed E-state index contributed by atoms with van der Waals surface area (Å²) < 4.78 is 13.2. The molecule has 0 amide bonds. The Hall–Kier alpha value is -2.03. The van der Waals surface area contributed by atoms with Crippen molar-refractivity contribution in [2.24, 2.45) is 0 Å². The first-order valence-electron chi connectivity index (χ1n) is 5.87. The molecule has 1 aromatic carbocycles. The van der Waals surface area contributed by atoms with Crippen LogP contribution in [-0.2, 0) is 6.42 Å². The van der Waals surface area contributed by atoms with Crippen LogP contribution in [0.2, 0.25) is 0 Å². The molecule has 0 aliphatic heterocycles. The van der Waals surface area contributed by atoms with Gasteiger partial charge in [0.2, 0.25) is 0 Å². The lowest BCUT2D eigenvalue weighted by Gasteiger charge is -2.07. The van der Waals surface area contributed by atoms with Crippen LogP contribution in [0.3, 0.4) is 0 Å². The normalized spacial score (nSPS) is 10.4. The van der Waals surface area contributed by atoms with Gasteiger partial charge in [-0.25, -0.2) is 4.39 Å². The maximum atomic E-state index is 13.2. The van der Waals surface area contributed by atoms with E-state index in [1.54, 1.807) is 31.5 Å². The molecule has 0 aliphatic rings. The van der Waals surface area contributed by atoms with Gasteiger partial charge in [-0.3, -0.25) is 9.78 Å². The molecule has 0 bridgehead atoms. The van der Waals surface area contributed by atoms with Gasteiger partial charge in [0.15, 0.2) is 5.78 Å². The van der Waals surface area contributed by atoms with Crippen LogP contribution < -0.4 is 0 Å². The van der Waals surface area contributed by atoms with E-state index in [9.17, 15) is 9.18 Å². The minimum atomic E-state index is -0.294. The molecule has 2 aromatic rings. The fourth-order valence-corrected chi connectivity index (χ4v) is 1.87. The predicted octanol–water partition coefficient (Wildman–Crippen LogP) is 3.32. The Morgan fingerprint density at radius 2 is 2.11 bits per heavy atom. The Balaban J connectivity index is 2.44. The highest BCUT2D eigenvalue weighted by Crippen LogP contribution is 2.16. The zero-order valence-corrected chi connectivity index (χ0v) is 10.4. The summed E-state index contributed by atoms with van der Waals surface area (Å²) in [7, 11) is 0. The van der Waals surface area contributed by atoms with Crippen molar-refractivity contribution in [3.8, 4) is 0 Å². The van der Waals surface area contributed by atoms with Crippen LogP contribution in [0, 0.1) is 12.7 Å². The van der Waals surface area contributed by atoms with Gasteiger partial charge in [-0.2, -0.15) is 0 Å². The number of benzene rings is 1. The molecule has 0 atom stereocenters. The smallest absolute Gasteiger partial charge is 0.193 e. The molecule has 18 heavy (non-hydrogen) atoms. The Labute approximate surface area is 105 Å². The lowest BCUT2D eigenvalue weighted by Crippen LogP contribution is -2.06. The largest absolute Gasteiger partial charge is 0.289 e. The molecule has 0 saturated carbocycles. The third-order valence-corrected chi connectivity index (χ3v) is 2.95. The van der Waals surface area contributed by atoms with Crippen LogP contribution in [0.25, 0.3) is 0 Å². The number of hydrogen-bond acceptors (Lipinski definition) is 2. The monoisotopic (exact) mass is 243 g/mol. The highest BCUT2D eigenvalue weighted by Gasteiger charge is 2.13. The van der Waals surface area contributed by atoms with Crippen molar-refractivity contribution >= 4 is 5.78 Å². The van der Waals surface area contributed by atoms with Crippen LogP contribution in [0.4, 0.5) is 4.39 Å². The van der Waals surface area contributed by atoms with Gasteiger partial charge in [0.05, 0.1) is 0 Å². The molecule has 0 spiro atoms. The number of hydrogen-bond donors (Lipinski definition) is 0. The summed E-state index contributed by atoms with van der Waals surface area (Å²) in [5.41, 5.74) is 2.53. The molecule has 92 valence electrons. The number of ketones is 1. The van der Waals surface area contributed by atoms with Crippen LogP contribution in [-0.4, -0.2) is 10.8 Å². The van der Waals surface area contributed by atoms with E-state index in [0.29, 0.717) is 16.7 Å². The van der Waals surface area contributed by atoms with E-state index in [-0.39, 0.29) is 11.6 Å². The molecule has 0 unspecified atom stereocenters. The average molecular weight is 243 g/mol. The number of carbonyl (C=O) groups excluding carboxylic acids is 1. The molecule has 2 rings (SSSR count). The van der Waals surface area contributed by atoms with Crippen molar-refractivity contribution in [3.05, 3.63) is 64.7 Å². The van der Waals surface area contributed by atoms with Crippen molar-refractivity contribution in [1.29, 1.82) is 0 Å². The Kier molecular flexibility index (Phi) is 3.51. The molecule has 2 nitrogen and oxygen atoms in total. The second-order valence-electron chi connectivity index (χ2n) is 4.18. The summed E-state index contributed by atoms with van der Waals surface area (Å²) in [4.78, 5) is 16.4. The molecule has 0 aliphatic carbocycles. The number of halogens is 1. The summed E-state index contributed by atoms with van der Waals surface area (Å²) in [6.07, 6.45) is 4.04. The minimum Gasteiger partial charge on any atom is -0.289 e. The molecular weight excluding hydrogens is 229 g/mol. The lowest BCUT2D eigenvalue weighted by molar-refractivity contribution is 0.103. The maximum absolute atomic E-state index is 13.2. The zero-order chi connectivity index (χ0) is 13.1. The van der Waals surface area contributed by atoms with Crippen molar-refractivity contribution < 1.29 is 9.18 Å². The number of rotatable bonds is 3. The van der Waals surface area contributed by atoms with E-state index in [1.807, 2.05) is 6.92 Å². The molecule has 0 radical (unpaired) electrons. The third-order valence-electron chi connectivity index (χ3n) is 2.95. The predicted molar refractivity (Wildman–Crippen MR) is 68.2 cm³/mol. The van der Waals surface area contributed by atoms with Crippen LogP contribution in [0.5, 0.6) is 0 Å². The summed E-state index contributed by atoms with van der Waals surface area (Å²) >= 11 is 0. The quantitative estimate of drug-likeness (QED) is 0.774. The van der Waals surface area contributed by atoms with Crippen LogP contribution in [0.15, 0.2) is 36.7 Å². The fraction of sp³-hybridized carbons (Fsp3) is 0.200. The molecule has 3 heteroatoms. The molecular formula is C15H14FNO. The first-order chi connectivity index (χ1) is 8.63. The number of nitrogens with zero attached hydrogens (tertiary/aromatic N) is 1. The van der Waals surface area contributed by atoms with Crippen LogP contribution in [0.1, 0.15) is 34.0 Å². The van der Waals surface area contributed by atoms with Gasteiger partial charge in [-0.15, -0.1) is 0 Å². The number of carbonyl (C=O) groups is 1. The minimum absolute atomic E-state index is 0.0858. The van der Waals surface area contributed by atoms with Gasteiger partial charge >= 0.3 is 0 Å². The number of aryl methyl sites for hydroxylation is 2. The van der Waals surface area contributed by atoms with E-state index in [0.717, 1.165) is 12.0 Å². The second kappa shape index (κ2) is 5.08. The van der Waals surface area contributed by atoms with Gasteiger partial charge in [0.25, 0.3) is 0 Å². The summed E-state index contributed by atoms with van der Waals surface area (Å²) in [6.45, 7) is 3.63. The van der Waals surface area contributed by atoms with Crippen LogP contribution >= 0.6 is 0 Å². The molecule has 1 aromatic heterocycles. The van der Waals surface area contributed by atoms with Crippen molar-refractivity contribution in [3.63, 3.8) is 0 Å². The fourth-order valence-electron chi connectivity index (χ4n) is 1.87.